The van der Waals surface area contributed by atoms with Crippen molar-refractivity contribution in [1.82, 2.24) is 26.0 Å². The first-order chi connectivity index (χ1) is 11.2. The number of fused-ring (bicyclic) bond motifs is 1. The SMILES string of the molecule is O=C(NNC(=O)c1n[nH]c(=O)c2ccccc12)c1cccnc1. The molecule has 0 aliphatic carbocycles. The summed E-state index contributed by atoms with van der Waals surface area (Å²) < 4.78 is 0. The van der Waals surface area contributed by atoms with E-state index in [0.29, 0.717) is 16.3 Å². The Kier molecular flexibility index (Phi) is 3.79. The molecule has 0 bridgehead atoms. The number of aromatic nitrogens is 3. The lowest BCUT2D eigenvalue weighted by molar-refractivity contribution is 0.0844. The van der Waals surface area contributed by atoms with Gasteiger partial charge in [0.25, 0.3) is 17.4 Å². The molecule has 0 saturated heterocycles. The summed E-state index contributed by atoms with van der Waals surface area (Å²) in [4.78, 5) is 39.5. The van der Waals surface area contributed by atoms with Crippen LogP contribution in [0.5, 0.6) is 0 Å². The average molecular weight is 309 g/mol. The predicted molar refractivity (Wildman–Crippen MR) is 81.5 cm³/mol. The first-order valence-corrected chi connectivity index (χ1v) is 6.65. The molecular formula is C15H11N5O3. The van der Waals surface area contributed by atoms with Crippen molar-refractivity contribution in [3.8, 4) is 0 Å². The molecule has 3 N–H and O–H groups in total. The van der Waals surface area contributed by atoms with E-state index in [1.165, 1.54) is 12.4 Å². The van der Waals surface area contributed by atoms with Gasteiger partial charge in [-0.25, -0.2) is 5.10 Å². The lowest BCUT2D eigenvalue weighted by Crippen LogP contribution is -2.42. The molecule has 0 fully saturated rings. The number of hydrazine groups is 1. The molecule has 0 aliphatic heterocycles. The number of carbonyl (C=O) groups is 2. The summed E-state index contributed by atoms with van der Waals surface area (Å²) in [5.74, 6) is -1.16. The zero-order valence-corrected chi connectivity index (χ0v) is 11.7. The normalized spacial score (nSPS) is 10.3. The van der Waals surface area contributed by atoms with Gasteiger partial charge in [-0.2, -0.15) is 5.10 Å². The summed E-state index contributed by atoms with van der Waals surface area (Å²) in [5, 5.41) is 6.73. The van der Waals surface area contributed by atoms with Crippen LogP contribution < -0.4 is 16.4 Å². The number of aromatic amines is 1. The van der Waals surface area contributed by atoms with Crippen LogP contribution in [0.3, 0.4) is 0 Å². The molecule has 8 nitrogen and oxygen atoms in total. The number of carbonyl (C=O) groups excluding carboxylic acids is 2. The van der Waals surface area contributed by atoms with E-state index in [1.54, 1.807) is 36.4 Å². The summed E-state index contributed by atoms with van der Waals surface area (Å²) in [5.41, 5.74) is 4.44. The maximum Gasteiger partial charge on any atom is 0.290 e. The number of hydrogen-bond acceptors (Lipinski definition) is 5. The van der Waals surface area contributed by atoms with Gasteiger partial charge in [0.15, 0.2) is 5.69 Å². The zero-order chi connectivity index (χ0) is 16.2. The molecule has 3 rings (SSSR count). The molecule has 0 saturated carbocycles. The van der Waals surface area contributed by atoms with Gasteiger partial charge >= 0.3 is 0 Å². The first kappa shape index (κ1) is 14.4. The first-order valence-electron chi connectivity index (χ1n) is 6.65. The number of H-pyrrole nitrogens is 1. The van der Waals surface area contributed by atoms with Crippen LogP contribution in [0.25, 0.3) is 10.8 Å². The minimum atomic E-state index is -0.644. The Hall–Kier alpha value is -3.55. The second-order valence-corrected chi connectivity index (χ2v) is 4.60. The Morgan fingerprint density at radius 1 is 0.957 bits per heavy atom. The highest BCUT2D eigenvalue weighted by molar-refractivity contribution is 6.05. The lowest BCUT2D eigenvalue weighted by atomic mass is 10.1. The summed E-state index contributed by atoms with van der Waals surface area (Å²) in [6.45, 7) is 0. The van der Waals surface area contributed by atoms with Gasteiger partial charge in [-0.15, -0.1) is 0 Å². The van der Waals surface area contributed by atoms with Crippen LogP contribution >= 0.6 is 0 Å². The van der Waals surface area contributed by atoms with Gasteiger partial charge in [-0.1, -0.05) is 18.2 Å². The number of hydrogen-bond donors (Lipinski definition) is 3. The monoisotopic (exact) mass is 309 g/mol. The number of pyridine rings is 1. The number of nitrogens with zero attached hydrogens (tertiary/aromatic N) is 2. The Bertz CT molecular complexity index is 937. The highest BCUT2D eigenvalue weighted by atomic mass is 16.2. The van der Waals surface area contributed by atoms with E-state index in [9.17, 15) is 14.4 Å². The zero-order valence-electron chi connectivity index (χ0n) is 11.7. The van der Waals surface area contributed by atoms with E-state index in [0.717, 1.165) is 0 Å². The fraction of sp³-hybridized carbons (Fsp3) is 0. The number of nitrogens with one attached hydrogen (secondary N) is 3. The third-order valence-corrected chi connectivity index (χ3v) is 3.12. The average Bonchev–Trinajstić information content (AvgIpc) is 2.60. The van der Waals surface area contributed by atoms with Crippen LogP contribution in [0.4, 0.5) is 0 Å². The highest BCUT2D eigenvalue weighted by Gasteiger charge is 2.15. The van der Waals surface area contributed by atoms with Crippen molar-refractivity contribution in [2.75, 3.05) is 0 Å². The van der Waals surface area contributed by atoms with Crippen molar-refractivity contribution in [3.05, 3.63) is 70.4 Å². The highest BCUT2D eigenvalue weighted by Crippen LogP contribution is 2.11. The third-order valence-electron chi connectivity index (χ3n) is 3.12. The summed E-state index contributed by atoms with van der Waals surface area (Å²) in [6.07, 6.45) is 2.90. The Balaban J connectivity index is 1.81. The molecule has 23 heavy (non-hydrogen) atoms. The Morgan fingerprint density at radius 3 is 2.43 bits per heavy atom. The van der Waals surface area contributed by atoms with Gasteiger partial charge in [0.2, 0.25) is 0 Å². The van der Waals surface area contributed by atoms with Crippen LogP contribution in [0.1, 0.15) is 20.8 Å². The van der Waals surface area contributed by atoms with Crippen molar-refractivity contribution in [3.63, 3.8) is 0 Å². The summed E-state index contributed by atoms with van der Waals surface area (Å²) in [7, 11) is 0. The van der Waals surface area contributed by atoms with Crippen molar-refractivity contribution in [1.29, 1.82) is 0 Å². The molecule has 8 heteroatoms. The molecule has 2 amide bonds. The van der Waals surface area contributed by atoms with Gasteiger partial charge in [-0.05, 0) is 18.2 Å². The van der Waals surface area contributed by atoms with Gasteiger partial charge in [-0.3, -0.25) is 30.2 Å². The van der Waals surface area contributed by atoms with E-state index in [-0.39, 0.29) is 5.69 Å². The summed E-state index contributed by atoms with van der Waals surface area (Å²) >= 11 is 0. The van der Waals surface area contributed by atoms with Crippen LogP contribution in [0.2, 0.25) is 0 Å². The van der Waals surface area contributed by atoms with Crippen LogP contribution in [-0.2, 0) is 0 Å². The van der Waals surface area contributed by atoms with Crippen molar-refractivity contribution in [2.45, 2.75) is 0 Å². The predicted octanol–water partition coefficient (Wildman–Crippen LogP) is 0.393. The van der Waals surface area contributed by atoms with Gasteiger partial charge in [0.1, 0.15) is 0 Å². The number of benzene rings is 1. The fourth-order valence-electron chi connectivity index (χ4n) is 2.03. The molecule has 0 spiro atoms. The number of amides is 2. The molecule has 114 valence electrons. The van der Waals surface area contributed by atoms with E-state index < -0.39 is 17.4 Å². The maximum absolute atomic E-state index is 12.2. The molecule has 1 aromatic carbocycles. The lowest BCUT2D eigenvalue weighted by Gasteiger charge is -2.08. The quantitative estimate of drug-likeness (QED) is 0.592. The Morgan fingerprint density at radius 2 is 1.70 bits per heavy atom. The van der Waals surface area contributed by atoms with Gasteiger partial charge in [0.05, 0.1) is 10.9 Å². The Labute approximate surface area is 129 Å². The largest absolute Gasteiger partial charge is 0.290 e. The maximum atomic E-state index is 12.2. The molecule has 2 aromatic heterocycles. The van der Waals surface area contributed by atoms with E-state index in [4.69, 9.17) is 0 Å². The van der Waals surface area contributed by atoms with Crippen molar-refractivity contribution >= 4 is 22.6 Å². The smallest absolute Gasteiger partial charge is 0.267 e. The van der Waals surface area contributed by atoms with E-state index >= 15 is 0 Å². The molecule has 0 atom stereocenters. The second-order valence-electron chi connectivity index (χ2n) is 4.60. The minimum Gasteiger partial charge on any atom is -0.267 e. The van der Waals surface area contributed by atoms with Crippen LogP contribution in [-0.4, -0.2) is 27.0 Å². The van der Waals surface area contributed by atoms with Gasteiger partial charge < -0.3 is 0 Å². The van der Waals surface area contributed by atoms with Gasteiger partial charge in [0, 0.05) is 17.8 Å². The molecular weight excluding hydrogens is 298 g/mol. The molecule has 2 heterocycles. The second kappa shape index (κ2) is 6.06. The molecule has 0 radical (unpaired) electrons. The standard InChI is InChI=1S/C15H11N5O3/c21-13(9-4-3-7-16-8-9)18-20-15(23)12-10-5-1-2-6-11(10)14(22)19-17-12/h1-8H,(H,18,21)(H,19,22)(H,20,23). The van der Waals surface area contributed by atoms with Crippen molar-refractivity contribution in [2.24, 2.45) is 0 Å². The van der Waals surface area contributed by atoms with E-state index in [1.807, 2.05) is 0 Å². The van der Waals surface area contributed by atoms with Crippen LogP contribution in [0, 0.1) is 0 Å². The molecule has 3 aromatic rings. The minimum absolute atomic E-state index is 0.00619. The topological polar surface area (TPSA) is 117 Å². The summed E-state index contributed by atoms with van der Waals surface area (Å²) in [6, 6.07) is 9.73. The molecule has 0 aliphatic rings. The third kappa shape index (κ3) is 2.91. The van der Waals surface area contributed by atoms with Crippen molar-refractivity contribution < 1.29 is 9.59 Å². The van der Waals surface area contributed by atoms with Crippen LogP contribution in [0.15, 0.2) is 53.6 Å². The fourth-order valence-corrected chi connectivity index (χ4v) is 2.03. The number of rotatable bonds is 2. The van der Waals surface area contributed by atoms with E-state index in [2.05, 4.69) is 26.0 Å². The molecule has 0 unspecified atom stereocenters.